The van der Waals surface area contributed by atoms with Gasteiger partial charge in [0, 0.05) is 26.1 Å². The van der Waals surface area contributed by atoms with E-state index < -0.39 is 41.6 Å². The molecule has 6 atom stereocenters. The number of nitrogens with one attached hydrogen (secondary N) is 1. The summed E-state index contributed by atoms with van der Waals surface area (Å²) in [5.41, 5.74) is 0.863. The number of halogens is 1. The highest BCUT2D eigenvalue weighted by Crippen LogP contribution is 2.59. The van der Waals surface area contributed by atoms with Gasteiger partial charge in [-0.25, -0.2) is 0 Å². The molecule has 3 aliphatic heterocycles. The number of allylic oxidation sites excluding steroid dienone is 1. The number of likely N-dealkylation sites (tertiary alicyclic amines) is 1. The number of hydrogen-bond donors (Lipinski definition) is 2. The minimum atomic E-state index is -1.22. The van der Waals surface area contributed by atoms with E-state index in [0.717, 1.165) is 11.1 Å². The zero-order chi connectivity index (χ0) is 35.1. The number of amides is 3. The van der Waals surface area contributed by atoms with Crippen LogP contribution >= 0.6 is 11.6 Å². The first-order chi connectivity index (χ1) is 23.7. The van der Waals surface area contributed by atoms with Gasteiger partial charge in [0.15, 0.2) is 0 Å². The predicted octanol–water partition coefficient (Wildman–Crippen LogP) is 5.07. The summed E-state index contributed by atoms with van der Waals surface area (Å²) in [6.07, 6.45) is 6.09. The average molecular weight is 692 g/mol. The molecule has 1 spiro atoms. The molecule has 0 saturated carbocycles. The Hall–Kier alpha value is -3.99. The summed E-state index contributed by atoms with van der Waals surface area (Å²) in [6.45, 7) is 9.77. The Kier molecular flexibility index (Phi) is 12.0. The predicted molar refractivity (Wildman–Crippen MR) is 187 cm³/mol. The normalized spacial score (nSPS) is 24.3. The smallest absolute Gasteiger partial charge is 0.306 e. The molecule has 3 amide bonds. The third-order valence-electron chi connectivity index (χ3n) is 9.91. The largest absolute Gasteiger partial charge is 0.463 e. The summed E-state index contributed by atoms with van der Waals surface area (Å²) in [4.78, 5) is 59.1. The van der Waals surface area contributed by atoms with Gasteiger partial charge in [0.2, 0.25) is 11.8 Å². The van der Waals surface area contributed by atoms with E-state index in [0.29, 0.717) is 49.2 Å². The number of benzene rings is 2. The van der Waals surface area contributed by atoms with E-state index in [1.54, 1.807) is 28.0 Å². The zero-order valence-corrected chi connectivity index (χ0v) is 28.8. The summed E-state index contributed by atoms with van der Waals surface area (Å²) < 4.78 is 12.2. The number of para-hydroxylation sites is 1. The van der Waals surface area contributed by atoms with Crippen LogP contribution < -0.4 is 10.2 Å². The number of carbonyl (C=O) groups excluding carboxylic acids is 4. The monoisotopic (exact) mass is 691 g/mol. The van der Waals surface area contributed by atoms with Crippen molar-refractivity contribution < 1.29 is 33.8 Å². The minimum Gasteiger partial charge on any atom is -0.463 e. The van der Waals surface area contributed by atoms with Crippen LogP contribution in [0.3, 0.4) is 0 Å². The Balaban J connectivity index is 1.47. The first kappa shape index (κ1) is 36.3. The second-order valence-electron chi connectivity index (χ2n) is 13.0. The van der Waals surface area contributed by atoms with Crippen LogP contribution in [0.4, 0.5) is 5.69 Å². The number of carbonyl (C=O) groups is 4. The number of aliphatic hydroxyl groups excluding tert-OH is 1. The van der Waals surface area contributed by atoms with E-state index in [4.69, 9.17) is 21.1 Å². The zero-order valence-electron chi connectivity index (χ0n) is 28.0. The number of nitrogens with zero attached hydrogens (tertiary/aromatic N) is 2. The molecule has 2 bridgehead atoms. The molecular weight excluding hydrogens is 646 g/mol. The summed E-state index contributed by atoms with van der Waals surface area (Å²) in [5.74, 6) is -3.17. The highest BCUT2D eigenvalue weighted by atomic mass is 35.5. The molecule has 3 saturated heterocycles. The Morgan fingerprint density at radius 3 is 2.61 bits per heavy atom. The summed E-state index contributed by atoms with van der Waals surface area (Å²) in [6, 6.07) is 13.0. The van der Waals surface area contributed by atoms with E-state index in [1.807, 2.05) is 49.4 Å². The molecule has 262 valence electrons. The van der Waals surface area contributed by atoms with Crippen molar-refractivity contribution in [2.45, 2.75) is 75.7 Å². The van der Waals surface area contributed by atoms with Gasteiger partial charge in [-0.15, -0.1) is 13.2 Å². The molecule has 0 unspecified atom stereocenters. The van der Waals surface area contributed by atoms with Gasteiger partial charge in [0.25, 0.3) is 5.91 Å². The molecular formula is C38H46ClN3O7. The second kappa shape index (κ2) is 16.1. The molecule has 11 heteroatoms. The molecule has 2 aromatic carbocycles. The van der Waals surface area contributed by atoms with Crippen LogP contribution in [0.1, 0.15) is 62.1 Å². The van der Waals surface area contributed by atoms with Gasteiger partial charge in [-0.3, -0.25) is 19.2 Å². The molecule has 3 aliphatic rings. The fraction of sp³-hybridized carbons (Fsp3) is 0.474. The van der Waals surface area contributed by atoms with Crippen molar-refractivity contribution in [2.75, 3.05) is 31.2 Å². The van der Waals surface area contributed by atoms with Crippen LogP contribution in [0.25, 0.3) is 0 Å². The van der Waals surface area contributed by atoms with E-state index >= 15 is 0 Å². The quantitative estimate of drug-likeness (QED) is 0.135. The maximum absolute atomic E-state index is 14.8. The number of hydrogen-bond acceptors (Lipinski definition) is 7. The topological polar surface area (TPSA) is 125 Å². The molecule has 0 aliphatic carbocycles. The van der Waals surface area contributed by atoms with Crippen LogP contribution in [0, 0.1) is 18.8 Å². The second-order valence-corrected chi connectivity index (χ2v) is 13.4. The maximum atomic E-state index is 14.8. The van der Waals surface area contributed by atoms with Crippen molar-refractivity contribution in [2.24, 2.45) is 11.8 Å². The van der Waals surface area contributed by atoms with Crippen molar-refractivity contribution in [3.05, 3.63) is 90.0 Å². The van der Waals surface area contributed by atoms with Gasteiger partial charge >= 0.3 is 5.97 Å². The van der Waals surface area contributed by atoms with Gasteiger partial charge in [-0.05, 0) is 62.6 Å². The molecule has 2 N–H and O–H groups in total. The number of esters is 1. The molecule has 0 radical (unpaired) electrons. The highest BCUT2D eigenvalue weighted by Gasteiger charge is 2.74. The van der Waals surface area contributed by atoms with Crippen LogP contribution in [0.5, 0.6) is 0 Å². The molecule has 2 aromatic rings. The Labute approximate surface area is 293 Å². The van der Waals surface area contributed by atoms with E-state index in [-0.39, 0.29) is 50.4 Å². The van der Waals surface area contributed by atoms with Gasteiger partial charge < -0.3 is 29.7 Å². The number of unbranched alkanes of at least 4 members (excludes halogenated alkanes) is 2. The maximum Gasteiger partial charge on any atom is 0.306 e. The van der Waals surface area contributed by atoms with Crippen molar-refractivity contribution in [1.82, 2.24) is 10.2 Å². The molecule has 3 heterocycles. The van der Waals surface area contributed by atoms with Crippen molar-refractivity contribution >= 4 is 41.0 Å². The van der Waals surface area contributed by atoms with E-state index in [2.05, 4.69) is 18.5 Å². The lowest BCUT2D eigenvalue weighted by Crippen LogP contribution is -2.56. The summed E-state index contributed by atoms with van der Waals surface area (Å²) >= 11 is 6.66. The molecule has 0 aromatic heterocycles. The van der Waals surface area contributed by atoms with Crippen LogP contribution in [-0.2, 0) is 28.7 Å². The number of aliphatic hydroxyl groups is 1. The number of rotatable bonds is 17. The Bertz CT molecular complexity index is 1530. The number of aryl methyl sites for hydroxylation is 1. The number of fused-ring (bicyclic) bond motifs is 1. The molecule has 10 nitrogen and oxygen atoms in total. The lowest BCUT2D eigenvalue weighted by atomic mass is 9.70. The molecule has 49 heavy (non-hydrogen) atoms. The summed E-state index contributed by atoms with van der Waals surface area (Å²) in [5, 5.41) is 12.8. The van der Waals surface area contributed by atoms with Crippen molar-refractivity contribution in [3.63, 3.8) is 0 Å². The summed E-state index contributed by atoms with van der Waals surface area (Å²) in [7, 11) is 0. The molecule has 5 rings (SSSR count). The Morgan fingerprint density at radius 2 is 1.92 bits per heavy atom. The van der Waals surface area contributed by atoms with E-state index in [1.165, 1.54) is 0 Å². The first-order valence-electron chi connectivity index (χ1n) is 17.1. The lowest BCUT2D eigenvalue weighted by Gasteiger charge is -2.37. The Morgan fingerprint density at radius 1 is 1.14 bits per heavy atom. The standard InChI is InChI=1S/C38H46ClN3O7/c1-4-6-18-30(44)48-24-28(26-15-9-7-10-16-26)40-35(45)31-29-19-20-38(49-29)32(31)36(46)42(22-11-8-12-23-43)34(38)37(47)41(21-5-2)33-25(3)14-13-17-27(33)39/h4-5,7,9-10,13-17,28-29,31-32,34,43H,1-2,6,8,11-12,18-24H2,3H3,(H,40,45)/t28-,29-,31+,32+,34-,38+/m0/s1. The van der Waals surface area contributed by atoms with Gasteiger partial charge in [-0.2, -0.15) is 0 Å². The van der Waals surface area contributed by atoms with E-state index in [9.17, 15) is 24.3 Å². The number of ether oxygens (including phenoxy) is 2. The van der Waals surface area contributed by atoms with Gasteiger partial charge in [0.1, 0.15) is 18.2 Å². The first-order valence-corrected chi connectivity index (χ1v) is 17.4. The third kappa shape index (κ3) is 7.32. The van der Waals surface area contributed by atoms with Crippen molar-refractivity contribution in [1.29, 1.82) is 0 Å². The lowest BCUT2D eigenvalue weighted by molar-refractivity contribution is -0.146. The van der Waals surface area contributed by atoms with Crippen LogP contribution in [0.2, 0.25) is 5.02 Å². The third-order valence-corrected chi connectivity index (χ3v) is 10.2. The van der Waals surface area contributed by atoms with Gasteiger partial charge in [0.05, 0.1) is 34.7 Å². The number of anilines is 1. The average Bonchev–Trinajstić information content (AvgIpc) is 3.74. The van der Waals surface area contributed by atoms with Gasteiger partial charge in [-0.1, -0.05) is 66.2 Å². The molecule has 3 fully saturated rings. The van der Waals surface area contributed by atoms with Crippen LogP contribution in [0.15, 0.2) is 73.8 Å². The minimum absolute atomic E-state index is 0.0287. The van der Waals surface area contributed by atoms with Crippen LogP contribution in [-0.4, -0.2) is 77.7 Å². The fourth-order valence-corrected chi connectivity index (χ4v) is 8.04. The fourth-order valence-electron chi connectivity index (χ4n) is 7.72. The highest BCUT2D eigenvalue weighted by molar-refractivity contribution is 6.34. The SMILES string of the molecule is C=CCCC(=O)OC[C@H](NC(=O)[C@@H]1[C@@H]2CC[C@]3(O2)[C@H](C(=O)N(CC=C)c2c(C)cccc2Cl)N(CCCCCO)C(=O)[C@@H]13)c1ccccc1. The van der Waals surface area contributed by atoms with Crippen molar-refractivity contribution in [3.8, 4) is 0 Å².